The summed E-state index contributed by atoms with van der Waals surface area (Å²) >= 11 is 0. The number of nitrogens with one attached hydrogen (secondary N) is 2. The van der Waals surface area contributed by atoms with Gasteiger partial charge in [0.15, 0.2) is 0 Å². The third kappa shape index (κ3) is 8.67. The van der Waals surface area contributed by atoms with E-state index in [0.717, 1.165) is 69.1 Å². The van der Waals surface area contributed by atoms with Gasteiger partial charge in [-0.15, -0.1) is 0 Å². The highest BCUT2D eigenvalue weighted by molar-refractivity contribution is 5.91. The summed E-state index contributed by atoms with van der Waals surface area (Å²) < 4.78 is 44.4. The summed E-state index contributed by atoms with van der Waals surface area (Å²) in [6.07, 6.45) is 3.26. The molecule has 0 spiro atoms. The molecular weight excluding hydrogens is 697 g/mol. The van der Waals surface area contributed by atoms with Crippen molar-refractivity contribution in [1.82, 2.24) is 5.32 Å². The van der Waals surface area contributed by atoms with E-state index in [1.165, 1.54) is 12.1 Å². The average Bonchev–Trinajstić information content (AvgIpc) is 3.49. The molecule has 6 rings (SSSR count). The summed E-state index contributed by atoms with van der Waals surface area (Å²) in [5.74, 6) is 0.685. The molecule has 4 fully saturated rings. The van der Waals surface area contributed by atoms with Gasteiger partial charge in [0, 0.05) is 18.5 Å². The lowest BCUT2D eigenvalue weighted by Gasteiger charge is -2.62. The fourth-order valence-electron chi connectivity index (χ4n) is 11.3. The summed E-state index contributed by atoms with van der Waals surface area (Å²) in [5.41, 5.74) is 0.364. The maximum atomic E-state index is 13.4. The molecule has 2 aromatic rings. The van der Waals surface area contributed by atoms with Gasteiger partial charge in [0.25, 0.3) is 0 Å². The average molecular weight is 755 g/mol. The molecule has 11 heteroatoms. The van der Waals surface area contributed by atoms with Crippen molar-refractivity contribution in [3.8, 4) is 0 Å². The van der Waals surface area contributed by atoms with Gasteiger partial charge in [-0.25, -0.2) is 4.79 Å². The van der Waals surface area contributed by atoms with Gasteiger partial charge in [0.1, 0.15) is 12.6 Å². The quantitative estimate of drug-likeness (QED) is 0.163. The number of hydrogen-bond donors (Lipinski definition) is 4. The van der Waals surface area contributed by atoms with Crippen LogP contribution in [-0.4, -0.2) is 46.2 Å². The lowest BCUT2D eigenvalue weighted by atomic mass is 9.43. The number of ether oxygens (including phenoxy) is 1. The van der Waals surface area contributed by atoms with Crippen LogP contribution < -0.4 is 10.6 Å². The highest BCUT2D eigenvalue weighted by Crippen LogP contribution is 2.68. The first-order valence-corrected chi connectivity index (χ1v) is 19.9. The first-order chi connectivity index (χ1) is 25.6. The van der Waals surface area contributed by atoms with Gasteiger partial charge in [0.2, 0.25) is 11.8 Å². The van der Waals surface area contributed by atoms with Crippen molar-refractivity contribution < 1.29 is 42.5 Å². The number of esters is 1. The minimum Gasteiger partial charge on any atom is -0.459 e. The fraction of sp³-hybridized carbons (Fsp3) is 0.651. The van der Waals surface area contributed by atoms with Gasteiger partial charge in [-0.3, -0.25) is 9.59 Å². The Morgan fingerprint density at radius 2 is 1.52 bits per heavy atom. The van der Waals surface area contributed by atoms with Crippen molar-refractivity contribution >= 4 is 23.5 Å². The molecule has 2 aromatic carbocycles. The maximum absolute atomic E-state index is 13.4. The van der Waals surface area contributed by atoms with Gasteiger partial charge in [-0.1, -0.05) is 51.1 Å². The zero-order valence-electron chi connectivity index (χ0n) is 31.7. The molecule has 0 aliphatic heterocycles. The van der Waals surface area contributed by atoms with Gasteiger partial charge in [-0.05, 0) is 140 Å². The third-order valence-corrected chi connectivity index (χ3v) is 14.2. The standard InChI is InChI=1S/C43H57F3N2O6/c1-26(32-14-15-33-39-34(20-22-42(32,33)3)41(2)21-19-31(49)23-29(41)24-36(39)50)9-17-38(52)48-35(40(53)54-25-27-7-5-4-6-8-27)16-18-37(51)47-30-12-10-28(11-13-30)43(44,45)46/h4-8,10-13,26,29,31-36,39,49-50H,9,14-25H2,1-3H3,(H,47,51)(H,48,52)/t26-,29+,31-,32-,33+,34+,35+,36-,39+,41+,42-/m1/s1. The lowest BCUT2D eigenvalue weighted by Crippen LogP contribution is -2.58. The fourth-order valence-corrected chi connectivity index (χ4v) is 11.3. The van der Waals surface area contributed by atoms with Crippen molar-refractivity contribution in [2.45, 2.75) is 129 Å². The number of fused-ring (bicyclic) bond motifs is 5. The second-order valence-corrected chi connectivity index (χ2v) is 17.3. The molecule has 4 N–H and O–H groups in total. The molecular formula is C43H57F3N2O6. The van der Waals surface area contributed by atoms with Crippen LogP contribution in [0, 0.1) is 46.3 Å². The lowest BCUT2D eigenvalue weighted by molar-refractivity contribution is -0.174. The number of halogens is 3. The number of amides is 2. The zero-order valence-corrected chi connectivity index (χ0v) is 31.7. The zero-order chi connectivity index (χ0) is 38.8. The van der Waals surface area contributed by atoms with E-state index in [-0.39, 0.29) is 72.3 Å². The number of anilines is 1. The highest BCUT2D eigenvalue weighted by atomic mass is 19.4. The first kappa shape index (κ1) is 40.2. The van der Waals surface area contributed by atoms with Crippen LogP contribution >= 0.6 is 0 Å². The maximum Gasteiger partial charge on any atom is 0.416 e. The summed E-state index contributed by atoms with van der Waals surface area (Å²) in [4.78, 5) is 39.5. The normalized spacial score (nSPS) is 33.0. The number of rotatable bonds is 12. The SMILES string of the molecule is C[C@H](CCC(=O)N[C@@H](CCC(=O)Nc1ccc(C(F)(F)F)cc1)C(=O)OCc1ccccc1)[C@H]1CC[C@H]2[C@@H]3[C@H](O)C[C@@H]4C[C@H](O)CC[C@]4(C)[C@H]3CC[C@]12C. The van der Waals surface area contributed by atoms with Gasteiger partial charge in [0.05, 0.1) is 17.8 Å². The van der Waals surface area contributed by atoms with E-state index in [4.69, 9.17) is 4.74 Å². The molecule has 4 saturated carbocycles. The number of aliphatic hydroxyl groups is 2. The van der Waals surface area contributed by atoms with Gasteiger partial charge < -0.3 is 25.6 Å². The summed E-state index contributed by atoms with van der Waals surface area (Å²) in [6, 6.07) is 12.1. The Kier molecular flexibility index (Phi) is 12.2. The van der Waals surface area contributed by atoms with Crippen molar-refractivity contribution in [2.24, 2.45) is 46.3 Å². The van der Waals surface area contributed by atoms with Crippen molar-refractivity contribution in [2.75, 3.05) is 5.32 Å². The topological polar surface area (TPSA) is 125 Å². The van der Waals surface area contributed by atoms with Crippen LogP contribution in [0.15, 0.2) is 54.6 Å². The second kappa shape index (κ2) is 16.3. The van der Waals surface area contributed by atoms with E-state index >= 15 is 0 Å². The van der Waals surface area contributed by atoms with Gasteiger partial charge >= 0.3 is 12.1 Å². The number of hydrogen-bond acceptors (Lipinski definition) is 6. The Balaban J connectivity index is 1.05. The minimum atomic E-state index is -4.49. The predicted octanol–water partition coefficient (Wildman–Crippen LogP) is 8.06. The van der Waals surface area contributed by atoms with Crippen LogP contribution in [0.25, 0.3) is 0 Å². The summed E-state index contributed by atoms with van der Waals surface area (Å²) in [6.45, 7) is 7.04. The van der Waals surface area contributed by atoms with Crippen molar-refractivity contribution in [3.63, 3.8) is 0 Å². The van der Waals surface area contributed by atoms with E-state index in [0.29, 0.717) is 30.1 Å². The highest BCUT2D eigenvalue weighted by Gasteiger charge is 2.62. The van der Waals surface area contributed by atoms with Crippen LogP contribution in [0.3, 0.4) is 0 Å². The predicted molar refractivity (Wildman–Crippen MR) is 198 cm³/mol. The largest absolute Gasteiger partial charge is 0.459 e. The molecule has 0 unspecified atom stereocenters. The van der Waals surface area contributed by atoms with Crippen LogP contribution in [0.2, 0.25) is 0 Å². The number of benzene rings is 2. The molecule has 2 amide bonds. The molecule has 4 aliphatic rings. The monoisotopic (exact) mass is 754 g/mol. The Morgan fingerprint density at radius 1 is 0.852 bits per heavy atom. The molecule has 0 bridgehead atoms. The van der Waals surface area contributed by atoms with E-state index < -0.39 is 29.7 Å². The van der Waals surface area contributed by atoms with Crippen molar-refractivity contribution in [3.05, 3.63) is 65.7 Å². The van der Waals surface area contributed by atoms with E-state index in [9.17, 15) is 37.8 Å². The van der Waals surface area contributed by atoms with Crippen molar-refractivity contribution in [1.29, 1.82) is 0 Å². The summed E-state index contributed by atoms with van der Waals surface area (Å²) in [7, 11) is 0. The Bertz CT molecular complexity index is 1620. The number of carbonyl (C=O) groups excluding carboxylic acids is 3. The second-order valence-electron chi connectivity index (χ2n) is 17.3. The molecule has 54 heavy (non-hydrogen) atoms. The molecule has 8 nitrogen and oxygen atoms in total. The minimum absolute atomic E-state index is 0.000563. The summed E-state index contributed by atoms with van der Waals surface area (Å²) in [5, 5.41) is 27.4. The Labute approximate surface area is 317 Å². The van der Waals surface area contributed by atoms with E-state index in [1.54, 1.807) is 0 Å². The molecule has 0 aromatic heterocycles. The van der Waals surface area contributed by atoms with E-state index in [1.807, 2.05) is 30.3 Å². The third-order valence-electron chi connectivity index (χ3n) is 14.2. The van der Waals surface area contributed by atoms with E-state index in [2.05, 4.69) is 31.4 Å². The van der Waals surface area contributed by atoms with Crippen LogP contribution in [0.1, 0.15) is 109 Å². The number of aliphatic hydroxyl groups excluding tert-OH is 2. The molecule has 4 aliphatic carbocycles. The number of alkyl halides is 3. The molecule has 0 heterocycles. The molecule has 0 saturated heterocycles. The van der Waals surface area contributed by atoms with Crippen LogP contribution in [-0.2, 0) is 31.9 Å². The van der Waals surface area contributed by atoms with Crippen LogP contribution in [0.4, 0.5) is 18.9 Å². The molecule has 296 valence electrons. The first-order valence-electron chi connectivity index (χ1n) is 19.9. The molecule has 11 atom stereocenters. The van der Waals surface area contributed by atoms with Gasteiger partial charge in [-0.2, -0.15) is 13.2 Å². The Morgan fingerprint density at radius 3 is 2.22 bits per heavy atom. The molecule has 0 radical (unpaired) electrons. The Hall–Kier alpha value is -3.44. The number of carbonyl (C=O) groups is 3. The van der Waals surface area contributed by atoms with Crippen LogP contribution in [0.5, 0.6) is 0 Å². The smallest absolute Gasteiger partial charge is 0.416 e.